The molecule has 0 unspecified atom stereocenters. The van der Waals surface area contributed by atoms with E-state index in [1.54, 1.807) is 16.9 Å². The van der Waals surface area contributed by atoms with Crippen molar-refractivity contribution in [3.05, 3.63) is 30.5 Å². The van der Waals surface area contributed by atoms with E-state index in [0.717, 1.165) is 0 Å². The van der Waals surface area contributed by atoms with E-state index < -0.39 is 10.0 Å². The number of nitrogen functional groups attached to an aromatic ring is 1. The minimum Gasteiger partial charge on any atom is -0.495 e. The second-order valence-electron chi connectivity index (χ2n) is 4.76. The van der Waals surface area contributed by atoms with Crippen molar-refractivity contribution >= 4 is 21.5 Å². The quantitative estimate of drug-likeness (QED) is 0.821. The van der Waals surface area contributed by atoms with Crippen LogP contribution < -0.4 is 15.2 Å². The average molecular weight is 310 g/mol. The first-order valence-electron chi connectivity index (χ1n) is 6.35. The number of nitrogens with one attached hydrogen (secondary N) is 1. The molecule has 1 heterocycles. The van der Waals surface area contributed by atoms with Gasteiger partial charge in [-0.15, -0.1) is 0 Å². The zero-order chi connectivity index (χ0) is 15.6. The van der Waals surface area contributed by atoms with E-state index in [2.05, 4.69) is 9.82 Å². The first kappa shape index (κ1) is 15.2. The first-order chi connectivity index (χ1) is 9.85. The first-order valence-corrected chi connectivity index (χ1v) is 7.83. The fourth-order valence-electron chi connectivity index (χ4n) is 1.88. The fraction of sp³-hybridized carbons (Fsp3) is 0.308. The molecule has 3 N–H and O–H groups in total. The molecule has 1 aromatic carbocycles. The number of methoxy groups -OCH3 is 1. The van der Waals surface area contributed by atoms with E-state index in [1.807, 2.05) is 13.8 Å². The molecule has 0 bridgehead atoms. The van der Waals surface area contributed by atoms with E-state index in [0.29, 0.717) is 11.6 Å². The van der Waals surface area contributed by atoms with Crippen LogP contribution in [0.25, 0.3) is 0 Å². The number of aromatic nitrogens is 2. The third kappa shape index (κ3) is 3.10. The van der Waals surface area contributed by atoms with Gasteiger partial charge < -0.3 is 10.5 Å². The van der Waals surface area contributed by atoms with Crippen LogP contribution in [0.5, 0.6) is 5.75 Å². The molecule has 8 heteroatoms. The Labute approximate surface area is 123 Å². The van der Waals surface area contributed by atoms with E-state index in [1.165, 1.54) is 25.3 Å². The summed E-state index contributed by atoms with van der Waals surface area (Å²) in [6, 6.07) is 5.96. The van der Waals surface area contributed by atoms with Gasteiger partial charge >= 0.3 is 0 Å². The Bertz CT molecular complexity index is 738. The maximum atomic E-state index is 12.4. The summed E-state index contributed by atoms with van der Waals surface area (Å²) >= 11 is 0. The highest BCUT2D eigenvalue weighted by Gasteiger charge is 2.18. The molecule has 7 nitrogen and oxygen atoms in total. The molecule has 0 amide bonds. The molecular weight excluding hydrogens is 292 g/mol. The Balaban J connectivity index is 2.34. The van der Waals surface area contributed by atoms with Crippen molar-refractivity contribution in [3.63, 3.8) is 0 Å². The van der Waals surface area contributed by atoms with Crippen LogP contribution in [-0.4, -0.2) is 25.3 Å². The zero-order valence-corrected chi connectivity index (χ0v) is 12.9. The van der Waals surface area contributed by atoms with Gasteiger partial charge in [-0.3, -0.25) is 4.72 Å². The van der Waals surface area contributed by atoms with Crippen molar-refractivity contribution in [2.24, 2.45) is 0 Å². The van der Waals surface area contributed by atoms with Crippen LogP contribution in [-0.2, 0) is 10.0 Å². The normalized spacial score (nSPS) is 11.6. The van der Waals surface area contributed by atoms with Crippen molar-refractivity contribution in [2.75, 3.05) is 17.6 Å². The number of nitrogens with two attached hydrogens (primary N) is 1. The van der Waals surface area contributed by atoms with Gasteiger partial charge in [0.2, 0.25) is 0 Å². The van der Waals surface area contributed by atoms with Gasteiger partial charge in [0.05, 0.1) is 23.9 Å². The van der Waals surface area contributed by atoms with Gasteiger partial charge in [0.15, 0.2) is 0 Å². The number of hydrogen-bond acceptors (Lipinski definition) is 5. The molecule has 0 aliphatic heterocycles. The minimum atomic E-state index is -3.73. The molecule has 1 aromatic heterocycles. The maximum absolute atomic E-state index is 12.4. The summed E-state index contributed by atoms with van der Waals surface area (Å²) in [5, 5.41) is 4.08. The van der Waals surface area contributed by atoms with Crippen molar-refractivity contribution in [1.82, 2.24) is 9.78 Å². The lowest BCUT2D eigenvalue weighted by Crippen LogP contribution is -2.17. The average Bonchev–Trinajstić information content (AvgIpc) is 2.86. The summed E-state index contributed by atoms with van der Waals surface area (Å²) in [4.78, 5) is 0.0670. The van der Waals surface area contributed by atoms with Crippen molar-refractivity contribution in [3.8, 4) is 5.75 Å². The number of rotatable bonds is 5. The van der Waals surface area contributed by atoms with Crippen LogP contribution >= 0.6 is 0 Å². The predicted molar refractivity (Wildman–Crippen MR) is 80.8 cm³/mol. The molecule has 21 heavy (non-hydrogen) atoms. The van der Waals surface area contributed by atoms with Crippen molar-refractivity contribution in [2.45, 2.75) is 24.8 Å². The Hall–Kier alpha value is -2.22. The maximum Gasteiger partial charge on any atom is 0.263 e. The third-order valence-corrected chi connectivity index (χ3v) is 4.26. The van der Waals surface area contributed by atoms with Crippen molar-refractivity contribution < 1.29 is 13.2 Å². The molecule has 0 aliphatic carbocycles. The lowest BCUT2D eigenvalue weighted by atomic mass is 10.3. The highest BCUT2D eigenvalue weighted by Crippen LogP contribution is 2.26. The molecule has 0 spiro atoms. The number of sulfonamides is 1. The SMILES string of the molecule is COc1ccc(S(=O)(=O)Nc2ccnn2C(C)C)cc1N. The molecule has 0 fully saturated rings. The van der Waals surface area contributed by atoms with Gasteiger partial charge in [-0.25, -0.2) is 13.1 Å². The second-order valence-corrected chi connectivity index (χ2v) is 6.45. The van der Waals surface area contributed by atoms with Gasteiger partial charge in [-0.05, 0) is 32.0 Å². The van der Waals surface area contributed by atoms with Crippen molar-refractivity contribution in [1.29, 1.82) is 0 Å². The molecule has 0 radical (unpaired) electrons. The van der Waals surface area contributed by atoms with Gasteiger partial charge in [0, 0.05) is 12.1 Å². The highest BCUT2D eigenvalue weighted by molar-refractivity contribution is 7.92. The van der Waals surface area contributed by atoms with Gasteiger partial charge in [-0.2, -0.15) is 5.10 Å². The number of nitrogens with zero attached hydrogens (tertiary/aromatic N) is 2. The Morgan fingerprint density at radius 2 is 2.05 bits per heavy atom. The molecule has 0 saturated carbocycles. The van der Waals surface area contributed by atoms with Crippen LogP contribution in [0.1, 0.15) is 19.9 Å². The molecule has 0 aliphatic rings. The lowest BCUT2D eigenvalue weighted by Gasteiger charge is -2.13. The summed E-state index contributed by atoms with van der Waals surface area (Å²) in [5.74, 6) is 0.834. The van der Waals surface area contributed by atoms with Gasteiger partial charge in [-0.1, -0.05) is 0 Å². The van der Waals surface area contributed by atoms with Crippen LogP contribution in [0.3, 0.4) is 0 Å². The summed E-state index contributed by atoms with van der Waals surface area (Å²) in [6.45, 7) is 3.83. The van der Waals surface area contributed by atoms with Crippen LogP contribution in [0.15, 0.2) is 35.4 Å². The summed E-state index contributed by atoms with van der Waals surface area (Å²) < 4.78 is 33.9. The molecule has 2 rings (SSSR count). The third-order valence-electron chi connectivity index (χ3n) is 2.91. The lowest BCUT2D eigenvalue weighted by molar-refractivity contribution is 0.416. The van der Waals surface area contributed by atoms with E-state index >= 15 is 0 Å². The molecule has 0 atom stereocenters. The Morgan fingerprint density at radius 3 is 2.62 bits per heavy atom. The number of benzene rings is 1. The van der Waals surface area contributed by atoms with Gasteiger partial charge in [0.25, 0.3) is 10.0 Å². The smallest absolute Gasteiger partial charge is 0.263 e. The Kier molecular flexibility index (Phi) is 4.08. The molecule has 114 valence electrons. The number of ether oxygens (including phenoxy) is 1. The second kappa shape index (κ2) is 5.65. The fourth-order valence-corrected chi connectivity index (χ4v) is 2.97. The molecule has 0 saturated heterocycles. The van der Waals surface area contributed by atoms with E-state index in [9.17, 15) is 8.42 Å². The number of hydrogen-bond donors (Lipinski definition) is 2. The zero-order valence-electron chi connectivity index (χ0n) is 12.1. The predicted octanol–water partition coefficient (Wildman–Crippen LogP) is 1.86. The molecular formula is C13H18N4O3S. The summed E-state index contributed by atoms with van der Waals surface area (Å²) in [6.07, 6.45) is 1.54. The highest BCUT2D eigenvalue weighted by atomic mass is 32.2. The standard InChI is InChI=1S/C13H18N4O3S/c1-9(2)17-13(6-7-15-17)16-21(18,19)10-4-5-12(20-3)11(14)8-10/h4-9,16H,14H2,1-3H3. The van der Waals surface area contributed by atoms with Crippen LogP contribution in [0.4, 0.5) is 11.5 Å². The van der Waals surface area contributed by atoms with Crippen LogP contribution in [0, 0.1) is 0 Å². The van der Waals surface area contributed by atoms with E-state index in [-0.39, 0.29) is 16.6 Å². The van der Waals surface area contributed by atoms with Gasteiger partial charge in [0.1, 0.15) is 11.6 Å². The molecule has 2 aromatic rings. The summed E-state index contributed by atoms with van der Waals surface area (Å²) in [7, 11) is -2.26. The van der Waals surface area contributed by atoms with Crippen LogP contribution in [0.2, 0.25) is 0 Å². The Morgan fingerprint density at radius 1 is 1.33 bits per heavy atom. The number of anilines is 2. The minimum absolute atomic E-state index is 0.0404. The monoisotopic (exact) mass is 310 g/mol. The van der Waals surface area contributed by atoms with E-state index in [4.69, 9.17) is 10.5 Å². The summed E-state index contributed by atoms with van der Waals surface area (Å²) in [5.41, 5.74) is 6.01. The largest absolute Gasteiger partial charge is 0.495 e. The topological polar surface area (TPSA) is 99.2 Å².